The highest BCUT2D eigenvalue weighted by Gasteiger charge is 2.41. The lowest BCUT2D eigenvalue weighted by Gasteiger charge is -2.40. The van der Waals surface area contributed by atoms with Crippen molar-refractivity contribution in [3.63, 3.8) is 0 Å². The quantitative estimate of drug-likeness (QED) is 0.733. The van der Waals surface area contributed by atoms with Gasteiger partial charge in [-0.1, -0.05) is 12.1 Å². The summed E-state index contributed by atoms with van der Waals surface area (Å²) >= 11 is 1.33. The van der Waals surface area contributed by atoms with Crippen LogP contribution in [0.5, 0.6) is 0 Å². The fourth-order valence-electron chi connectivity index (χ4n) is 3.68. The highest BCUT2D eigenvalue weighted by Crippen LogP contribution is 2.32. The molecule has 2 aliphatic rings. The van der Waals surface area contributed by atoms with Gasteiger partial charge in [-0.2, -0.15) is 0 Å². The minimum absolute atomic E-state index is 0.103. The molecule has 0 bridgehead atoms. The maximum absolute atomic E-state index is 12.7. The number of nitrogens with one attached hydrogen (secondary N) is 3. The van der Waals surface area contributed by atoms with Crippen molar-refractivity contribution in [2.75, 3.05) is 17.2 Å². The van der Waals surface area contributed by atoms with Crippen molar-refractivity contribution in [1.29, 1.82) is 0 Å². The van der Waals surface area contributed by atoms with Gasteiger partial charge in [0, 0.05) is 36.7 Å². The predicted octanol–water partition coefficient (Wildman–Crippen LogP) is 2.03. The summed E-state index contributed by atoms with van der Waals surface area (Å²) in [5, 5.41) is 11.5. The Morgan fingerprint density at radius 3 is 2.89 bits per heavy atom. The minimum atomic E-state index is -0.693. The molecule has 1 aromatic heterocycles. The number of hydrogen-bond donors (Lipinski definition) is 3. The highest BCUT2D eigenvalue weighted by atomic mass is 32.1. The number of rotatable bonds is 3. The van der Waals surface area contributed by atoms with E-state index in [1.807, 2.05) is 18.2 Å². The molecule has 1 fully saturated rings. The van der Waals surface area contributed by atoms with Gasteiger partial charge in [-0.3, -0.25) is 14.4 Å². The topological polar surface area (TPSA) is 103 Å². The first-order valence-corrected chi connectivity index (χ1v) is 10.0. The van der Waals surface area contributed by atoms with Crippen LogP contribution in [-0.4, -0.2) is 45.9 Å². The molecule has 8 nitrogen and oxygen atoms in total. The second kappa shape index (κ2) is 7.23. The monoisotopic (exact) mass is 399 g/mol. The van der Waals surface area contributed by atoms with Crippen LogP contribution in [0.1, 0.15) is 36.5 Å². The van der Waals surface area contributed by atoms with E-state index in [-0.39, 0.29) is 24.1 Å². The summed E-state index contributed by atoms with van der Waals surface area (Å²) in [6.45, 7) is 2.07. The third-order valence-electron chi connectivity index (χ3n) is 5.27. The Bertz CT molecular complexity index is 916. The van der Waals surface area contributed by atoms with Crippen LogP contribution >= 0.6 is 11.3 Å². The average Bonchev–Trinajstić information content (AvgIpc) is 3.14. The van der Waals surface area contributed by atoms with Gasteiger partial charge in [0.15, 0.2) is 5.13 Å². The van der Waals surface area contributed by atoms with Crippen molar-refractivity contribution in [1.82, 2.24) is 15.2 Å². The number of anilines is 2. The number of carbonyl (C=O) groups is 3. The van der Waals surface area contributed by atoms with E-state index in [1.165, 1.54) is 11.3 Å². The van der Waals surface area contributed by atoms with E-state index < -0.39 is 11.7 Å². The highest BCUT2D eigenvalue weighted by molar-refractivity contribution is 7.13. The Kier molecular flexibility index (Phi) is 4.76. The van der Waals surface area contributed by atoms with Crippen molar-refractivity contribution < 1.29 is 14.4 Å². The molecule has 3 N–H and O–H groups in total. The van der Waals surface area contributed by atoms with Gasteiger partial charge in [-0.15, -0.1) is 11.3 Å². The Morgan fingerprint density at radius 2 is 2.11 bits per heavy atom. The number of para-hydroxylation sites is 1. The van der Waals surface area contributed by atoms with Crippen LogP contribution in [0.25, 0.3) is 0 Å². The van der Waals surface area contributed by atoms with Gasteiger partial charge in [0.1, 0.15) is 11.7 Å². The molecule has 2 aromatic rings. The molecule has 2 atom stereocenters. The second-order valence-corrected chi connectivity index (χ2v) is 7.94. The number of benzene rings is 1. The summed E-state index contributed by atoms with van der Waals surface area (Å²) < 4.78 is 0. The number of amides is 3. The fourth-order valence-corrected chi connectivity index (χ4v) is 4.22. The lowest BCUT2D eigenvalue weighted by atomic mass is 9.95. The molecule has 0 aliphatic carbocycles. The summed E-state index contributed by atoms with van der Waals surface area (Å²) in [5.74, 6) is -0.524. The smallest absolute Gasteiger partial charge is 0.255 e. The van der Waals surface area contributed by atoms with E-state index in [2.05, 4.69) is 20.9 Å². The van der Waals surface area contributed by atoms with Crippen LogP contribution in [0.3, 0.4) is 0 Å². The number of hydrogen-bond acceptors (Lipinski definition) is 6. The fraction of sp³-hybridized carbons (Fsp3) is 0.368. The molecule has 28 heavy (non-hydrogen) atoms. The molecule has 3 heterocycles. The third-order valence-corrected chi connectivity index (χ3v) is 5.96. The normalized spacial score (nSPS) is 22.7. The molecule has 0 radical (unpaired) electrons. The number of fused-ring (bicyclic) bond motifs is 1. The first kappa shape index (κ1) is 18.4. The molecule has 0 unspecified atom stereocenters. The summed E-state index contributed by atoms with van der Waals surface area (Å²) in [5.41, 5.74) is 0.667. The summed E-state index contributed by atoms with van der Waals surface area (Å²) in [6, 6.07) is 6.70. The van der Waals surface area contributed by atoms with Crippen LogP contribution in [0.4, 0.5) is 10.8 Å². The van der Waals surface area contributed by atoms with Crippen LogP contribution in [0, 0.1) is 0 Å². The Morgan fingerprint density at radius 1 is 1.29 bits per heavy atom. The lowest BCUT2D eigenvalue weighted by molar-refractivity contribution is -0.137. The Balaban J connectivity index is 1.49. The van der Waals surface area contributed by atoms with Crippen molar-refractivity contribution in [3.05, 3.63) is 41.4 Å². The van der Waals surface area contributed by atoms with E-state index >= 15 is 0 Å². The molecule has 2 aliphatic heterocycles. The molecular weight excluding hydrogens is 378 g/mol. The standard InChI is InChI=1S/C19H21N5O3S/c1-12(16(26)21-18-20-9-11-28-18)24-10-8-19(7-6-15(24)25)22-14-5-3-2-4-13(14)17(27)23-19/h2-5,9,11-12,22H,6-8,10H2,1H3,(H,23,27)(H,20,21,26)/t12-,19-/m0/s1. The number of likely N-dealkylation sites (tertiary alicyclic amines) is 1. The summed E-state index contributed by atoms with van der Waals surface area (Å²) in [7, 11) is 0. The first-order valence-electron chi connectivity index (χ1n) is 9.17. The molecule has 1 aromatic carbocycles. The maximum atomic E-state index is 12.7. The minimum Gasteiger partial charge on any atom is -0.362 e. The molecule has 1 saturated heterocycles. The summed E-state index contributed by atoms with van der Waals surface area (Å²) in [6.07, 6.45) is 2.82. The molecule has 4 rings (SSSR count). The maximum Gasteiger partial charge on any atom is 0.255 e. The molecule has 9 heteroatoms. The zero-order chi connectivity index (χ0) is 19.7. The van der Waals surface area contributed by atoms with E-state index in [4.69, 9.17) is 0 Å². The van der Waals surface area contributed by atoms with Crippen molar-refractivity contribution >= 4 is 39.9 Å². The van der Waals surface area contributed by atoms with Crippen LogP contribution < -0.4 is 16.0 Å². The molecule has 1 spiro atoms. The number of carbonyl (C=O) groups excluding carboxylic acids is 3. The zero-order valence-corrected chi connectivity index (χ0v) is 16.2. The van der Waals surface area contributed by atoms with Gasteiger partial charge in [0.25, 0.3) is 5.91 Å². The summed E-state index contributed by atoms with van der Waals surface area (Å²) in [4.78, 5) is 43.4. The second-order valence-electron chi connectivity index (χ2n) is 7.05. The van der Waals surface area contributed by atoms with Crippen LogP contribution in [-0.2, 0) is 9.59 Å². The number of thiazole rings is 1. The lowest BCUT2D eigenvalue weighted by Crippen LogP contribution is -2.58. The van der Waals surface area contributed by atoms with Crippen LogP contribution in [0.2, 0.25) is 0 Å². The van der Waals surface area contributed by atoms with E-state index in [1.54, 1.807) is 29.5 Å². The largest absolute Gasteiger partial charge is 0.362 e. The van der Waals surface area contributed by atoms with Crippen LogP contribution in [0.15, 0.2) is 35.8 Å². The molecule has 0 saturated carbocycles. The van der Waals surface area contributed by atoms with E-state index in [0.29, 0.717) is 30.1 Å². The van der Waals surface area contributed by atoms with Gasteiger partial charge >= 0.3 is 0 Å². The van der Waals surface area contributed by atoms with Gasteiger partial charge in [-0.05, 0) is 25.5 Å². The Labute approximate surface area is 166 Å². The number of nitrogens with zero attached hydrogens (tertiary/aromatic N) is 2. The third kappa shape index (κ3) is 3.45. The van der Waals surface area contributed by atoms with Crippen molar-refractivity contribution in [2.24, 2.45) is 0 Å². The van der Waals surface area contributed by atoms with E-state index in [9.17, 15) is 14.4 Å². The van der Waals surface area contributed by atoms with Gasteiger partial charge in [-0.25, -0.2) is 4.98 Å². The average molecular weight is 399 g/mol. The van der Waals surface area contributed by atoms with E-state index in [0.717, 1.165) is 5.69 Å². The predicted molar refractivity (Wildman–Crippen MR) is 106 cm³/mol. The van der Waals surface area contributed by atoms with Crippen molar-refractivity contribution in [2.45, 2.75) is 37.9 Å². The Hall–Kier alpha value is -2.94. The molecule has 146 valence electrons. The van der Waals surface area contributed by atoms with Gasteiger partial charge < -0.3 is 20.9 Å². The molecule has 3 amide bonds. The van der Waals surface area contributed by atoms with Gasteiger partial charge in [0.2, 0.25) is 11.8 Å². The van der Waals surface area contributed by atoms with Gasteiger partial charge in [0.05, 0.1) is 5.56 Å². The zero-order valence-electron chi connectivity index (χ0n) is 15.4. The molecular formula is C19H21N5O3S. The number of aromatic nitrogens is 1. The van der Waals surface area contributed by atoms with Crippen molar-refractivity contribution in [3.8, 4) is 0 Å². The first-order chi connectivity index (χ1) is 13.5. The SMILES string of the molecule is C[C@@H](C(=O)Nc1nccs1)N1CC[C@]2(CCC1=O)NC(=O)c1ccccc1N2.